The summed E-state index contributed by atoms with van der Waals surface area (Å²) in [6.07, 6.45) is 0. The molecule has 0 amide bonds. The van der Waals surface area contributed by atoms with Gasteiger partial charge in [-0.05, 0) is 25.1 Å². The number of halogens is 2. The van der Waals surface area contributed by atoms with Gasteiger partial charge in [0, 0.05) is 23.0 Å². The Labute approximate surface area is 120 Å². The van der Waals surface area contributed by atoms with E-state index >= 15 is 0 Å². The summed E-state index contributed by atoms with van der Waals surface area (Å²) in [4.78, 5) is 0. The summed E-state index contributed by atoms with van der Waals surface area (Å²) in [5.41, 5.74) is 7.68. The molecule has 2 aromatic rings. The largest absolute Gasteiger partial charge is 0.508 e. The molecule has 0 unspecified atom stereocenters. The van der Waals surface area contributed by atoms with Crippen molar-refractivity contribution in [1.82, 2.24) is 0 Å². The van der Waals surface area contributed by atoms with E-state index < -0.39 is 0 Å². The third-order valence-corrected chi connectivity index (χ3v) is 3.46. The maximum atomic E-state index is 9.72. The zero-order valence-electron chi connectivity index (χ0n) is 10.0. The van der Waals surface area contributed by atoms with Gasteiger partial charge in [-0.25, -0.2) is 0 Å². The normalized spacial score (nSPS) is 10.5. The predicted octanol–water partition coefficient (Wildman–Crippen LogP) is 4.04. The molecular weight excluding hydrogens is 287 g/mol. The lowest BCUT2D eigenvalue weighted by Crippen LogP contribution is -1.96. The minimum absolute atomic E-state index is 0.0647. The van der Waals surface area contributed by atoms with Crippen LogP contribution in [0.4, 0.5) is 17.1 Å². The number of phenols is 2. The van der Waals surface area contributed by atoms with Crippen molar-refractivity contribution in [3.63, 3.8) is 0 Å². The first-order chi connectivity index (χ1) is 8.90. The van der Waals surface area contributed by atoms with E-state index in [0.717, 1.165) is 0 Å². The number of hydrogen-bond acceptors (Lipinski definition) is 4. The minimum Gasteiger partial charge on any atom is -0.508 e. The second-order valence-electron chi connectivity index (χ2n) is 4.09. The Balaban J connectivity index is 2.45. The minimum atomic E-state index is -0.0853. The monoisotopic (exact) mass is 298 g/mol. The van der Waals surface area contributed by atoms with Gasteiger partial charge in [-0.1, -0.05) is 23.2 Å². The molecule has 0 aliphatic heterocycles. The first kappa shape index (κ1) is 13.6. The Hall–Kier alpha value is -1.78. The lowest BCUT2D eigenvalue weighted by molar-refractivity contribution is 0.472. The Morgan fingerprint density at radius 3 is 2.42 bits per heavy atom. The van der Waals surface area contributed by atoms with Crippen molar-refractivity contribution < 1.29 is 10.2 Å². The van der Waals surface area contributed by atoms with Crippen LogP contribution in [0.25, 0.3) is 0 Å². The van der Waals surface area contributed by atoms with E-state index in [9.17, 15) is 10.2 Å². The van der Waals surface area contributed by atoms with Gasteiger partial charge >= 0.3 is 0 Å². The summed E-state index contributed by atoms with van der Waals surface area (Å²) >= 11 is 12.0. The molecule has 5 N–H and O–H groups in total. The fourth-order valence-electron chi connectivity index (χ4n) is 1.59. The molecule has 0 aliphatic rings. The highest BCUT2D eigenvalue weighted by molar-refractivity contribution is 6.40. The molecule has 4 nitrogen and oxygen atoms in total. The summed E-state index contributed by atoms with van der Waals surface area (Å²) in [5.74, 6) is -0.0206. The van der Waals surface area contributed by atoms with Gasteiger partial charge in [-0.3, -0.25) is 0 Å². The van der Waals surface area contributed by atoms with Gasteiger partial charge in [0.25, 0.3) is 0 Å². The number of benzene rings is 2. The highest BCUT2D eigenvalue weighted by Crippen LogP contribution is 2.39. The van der Waals surface area contributed by atoms with Gasteiger partial charge in [0.05, 0.1) is 10.7 Å². The zero-order valence-corrected chi connectivity index (χ0v) is 11.5. The molecule has 0 aromatic heterocycles. The molecule has 19 heavy (non-hydrogen) atoms. The highest BCUT2D eigenvalue weighted by atomic mass is 35.5. The van der Waals surface area contributed by atoms with Gasteiger partial charge in [0.2, 0.25) is 0 Å². The van der Waals surface area contributed by atoms with Crippen LogP contribution in [0.2, 0.25) is 10.0 Å². The number of nitrogen functional groups attached to an aromatic ring is 1. The number of nitrogens with two attached hydrogens (primary N) is 1. The van der Waals surface area contributed by atoms with Crippen molar-refractivity contribution in [3.8, 4) is 11.5 Å². The van der Waals surface area contributed by atoms with E-state index in [4.69, 9.17) is 28.9 Å². The molecular formula is C13H12Cl2N2O2. The van der Waals surface area contributed by atoms with E-state index in [0.29, 0.717) is 27.6 Å². The fourth-order valence-corrected chi connectivity index (χ4v) is 2.06. The summed E-state index contributed by atoms with van der Waals surface area (Å²) in [7, 11) is 0. The number of aromatic hydroxyl groups is 2. The number of nitrogens with one attached hydrogen (secondary N) is 1. The third kappa shape index (κ3) is 2.64. The van der Waals surface area contributed by atoms with Crippen LogP contribution in [0.15, 0.2) is 24.3 Å². The van der Waals surface area contributed by atoms with Crippen LogP contribution in [0, 0.1) is 6.92 Å². The van der Waals surface area contributed by atoms with E-state index in [2.05, 4.69) is 5.32 Å². The number of rotatable bonds is 2. The molecule has 0 saturated heterocycles. The van der Waals surface area contributed by atoms with E-state index in [1.165, 1.54) is 18.2 Å². The predicted molar refractivity (Wildman–Crippen MR) is 78.7 cm³/mol. The summed E-state index contributed by atoms with van der Waals surface area (Å²) in [6, 6.07) is 6.06. The van der Waals surface area contributed by atoms with Gasteiger partial charge in [-0.15, -0.1) is 0 Å². The van der Waals surface area contributed by atoms with Crippen LogP contribution in [0.3, 0.4) is 0 Å². The van der Waals surface area contributed by atoms with E-state index in [1.807, 2.05) is 0 Å². The molecule has 0 heterocycles. The van der Waals surface area contributed by atoms with Crippen LogP contribution in [-0.4, -0.2) is 10.2 Å². The van der Waals surface area contributed by atoms with Gasteiger partial charge in [0.15, 0.2) is 0 Å². The average molecular weight is 299 g/mol. The van der Waals surface area contributed by atoms with Gasteiger partial charge < -0.3 is 21.3 Å². The number of hydrogen-bond donors (Lipinski definition) is 4. The second-order valence-corrected chi connectivity index (χ2v) is 4.88. The summed E-state index contributed by atoms with van der Waals surface area (Å²) in [6.45, 7) is 1.71. The van der Waals surface area contributed by atoms with Crippen LogP contribution in [0.5, 0.6) is 11.5 Å². The van der Waals surface area contributed by atoms with Gasteiger partial charge in [0.1, 0.15) is 16.5 Å². The molecule has 2 rings (SSSR count). The van der Waals surface area contributed by atoms with Crippen LogP contribution < -0.4 is 11.1 Å². The smallest absolute Gasteiger partial charge is 0.136 e. The van der Waals surface area contributed by atoms with Crippen molar-refractivity contribution in [3.05, 3.63) is 39.9 Å². The Bertz CT molecular complexity index is 622. The van der Waals surface area contributed by atoms with Gasteiger partial charge in [-0.2, -0.15) is 0 Å². The van der Waals surface area contributed by atoms with Crippen molar-refractivity contribution in [2.45, 2.75) is 6.92 Å². The maximum Gasteiger partial charge on any atom is 0.136 e. The molecule has 6 heteroatoms. The van der Waals surface area contributed by atoms with Crippen molar-refractivity contribution in [1.29, 1.82) is 0 Å². The Kier molecular flexibility index (Phi) is 3.64. The molecule has 0 saturated carbocycles. The number of anilines is 3. The second kappa shape index (κ2) is 5.07. The molecule has 0 spiro atoms. The molecule has 0 fully saturated rings. The number of phenolic OH excluding ortho intramolecular Hbond substituents is 2. The lowest BCUT2D eigenvalue weighted by atomic mass is 10.1. The van der Waals surface area contributed by atoms with Crippen molar-refractivity contribution in [2.24, 2.45) is 0 Å². The van der Waals surface area contributed by atoms with Crippen LogP contribution >= 0.6 is 23.2 Å². The molecule has 0 aliphatic carbocycles. The molecule has 0 bridgehead atoms. The van der Waals surface area contributed by atoms with Crippen molar-refractivity contribution >= 4 is 40.3 Å². The third-order valence-electron chi connectivity index (χ3n) is 2.76. The Morgan fingerprint density at radius 2 is 1.79 bits per heavy atom. The SMILES string of the molecule is Cc1c(N)cc(Nc2c(Cl)ccc(O)c2Cl)cc1O. The molecule has 2 aromatic carbocycles. The molecule has 100 valence electrons. The van der Waals surface area contributed by atoms with E-state index in [1.54, 1.807) is 13.0 Å². The summed E-state index contributed by atoms with van der Waals surface area (Å²) in [5, 5.41) is 22.6. The quantitative estimate of drug-likeness (QED) is 0.631. The first-order valence-corrected chi connectivity index (χ1v) is 6.19. The topological polar surface area (TPSA) is 78.5 Å². The zero-order chi connectivity index (χ0) is 14.2. The van der Waals surface area contributed by atoms with Crippen LogP contribution in [0.1, 0.15) is 5.56 Å². The average Bonchev–Trinajstić information content (AvgIpc) is 2.36. The fraction of sp³-hybridized carbons (Fsp3) is 0.0769. The van der Waals surface area contributed by atoms with Crippen LogP contribution in [-0.2, 0) is 0 Å². The maximum absolute atomic E-state index is 9.72. The highest BCUT2D eigenvalue weighted by Gasteiger charge is 2.12. The molecule has 0 atom stereocenters. The Morgan fingerprint density at radius 1 is 1.11 bits per heavy atom. The standard InChI is InChI=1S/C13H12Cl2N2O2/c1-6-9(16)4-7(5-11(6)19)17-13-8(14)2-3-10(18)12(13)15/h2-5,17-19H,16H2,1H3. The van der Waals surface area contributed by atoms with E-state index in [-0.39, 0.29) is 16.5 Å². The first-order valence-electron chi connectivity index (χ1n) is 5.43. The lowest BCUT2D eigenvalue weighted by Gasteiger charge is -2.13. The molecule has 0 radical (unpaired) electrons. The van der Waals surface area contributed by atoms with Crippen molar-refractivity contribution in [2.75, 3.05) is 11.1 Å². The summed E-state index contributed by atoms with van der Waals surface area (Å²) < 4.78 is 0.